The van der Waals surface area contributed by atoms with E-state index in [1.165, 1.54) is 4.88 Å². The van der Waals surface area contributed by atoms with Crippen LogP contribution in [-0.4, -0.2) is 11.9 Å². The van der Waals surface area contributed by atoms with Crippen molar-refractivity contribution in [2.24, 2.45) is 0 Å². The molecule has 4 heteroatoms. The Bertz CT molecular complexity index is 605. The quantitative estimate of drug-likeness (QED) is 0.848. The summed E-state index contributed by atoms with van der Waals surface area (Å²) < 4.78 is 0. The standard InChI is InChI=1S/C16H20N2OS/c1-10-7-11(2)15(17)9-14(10)16(19)18-12(3)8-13-5-4-6-20-13/h4-7,9,12H,8,17H2,1-3H3,(H,18,19). The number of thiophene rings is 1. The van der Waals surface area contributed by atoms with Crippen LogP contribution in [0.15, 0.2) is 29.6 Å². The Morgan fingerprint density at radius 3 is 2.75 bits per heavy atom. The molecule has 3 nitrogen and oxygen atoms in total. The largest absolute Gasteiger partial charge is 0.398 e. The van der Waals surface area contributed by atoms with Crippen molar-refractivity contribution in [1.82, 2.24) is 5.32 Å². The summed E-state index contributed by atoms with van der Waals surface area (Å²) >= 11 is 1.71. The minimum atomic E-state index is -0.0572. The number of nitrogens with one attached hydrogen (secondary N) is 1. The Labute approximate surface area is 123 Å². The van der Waals surface area contributed by atoms with Gasteiger partial charge in [0, 0.05) is 28.6 Å². The Balaban J connectivity index is 2.06. The van der Waals surface area contributed by atoms with Crippen molar-refractivity contribution in [1.29, 1.82) is 0 Å². The Morgan fingerprint density at radius 2 is 2.10 bits per heavy atom. The Hall–Kier alpha value is -1.81. The predicted molar refractivity (Wildman–Crippen MR) is 85.3 cm³/mol. The van der Waals surface area contributed by atoms with Gasteiger partial charge < -0.3 is 11.1 Å². The normalized spacial score (nSPS) is 12.2. The average Bonchev–Trinajstić information content (AvgIpc) is 2.86. The van der Waals surface area contributed by atoms with Crippen LogP contribution >= 0.6 is 11.3 Å². The van der Waals surface area contributed by atoms with Crippen molar-refractivity contribution in [2.75, 3.05) is 5.73 Å². The minimum absolute atomic E-state index is 0.0572. The third kappa shape index (κ3) is 3.39. The average molecular weight is 288 g/mol. The molecular weight excluding hydrogens is 268 g/mol. The molecule has 1 aromatic carbocycles. The highest BCUT2D eigenvalue weighted by molar-refractivity contribution is 7.09. The lowest BCUT2D eigenvalue weighted by Gasteiger charge is -2.15. The molecule has 1 unspecified atom stereocenters. The number of hydrogen-bond acceptors (Lipinski definition) is 3. The van der Waals surface area contributed by atoms with E-state index < -0.39 is 0 Å². The second-order valence-electron chi connectivity index (χ2n) is 5.18. The monoisotopic (exact) mass is 288 g/mol. The van der Waals surface area contributed by atoms with Gasteiger partial charge in [0.25, 0.3) is 5.91 Å². The maximum Gasteiger partial charge on any atom is 0.251 e. The molecule has 0 saturated carbocycles. The third-order valence-electron chi connectivity index (χ3n) is 3.32. The van der Waals surface area contributed by atoms with E-state index in [0.29, 0.717) is 11.3 Å². The van der Waals surface area contributed by atoms with Crippen molar-refractivity contribution in [3.05, 3.63) is 51.2 Å². The number of nitrogens with two attached hydrogens (primary N) is 1. The molecule has 1 atom stereocenters. The summed E-state index contributed by atoms with van der Waals surface area (Å²) in [7, 11) is 0. The van der Waals surface area contributed by atoms with E-state index >= 15 is 0 Å². The molecule has 1 heterocycles. The lowest BCUT2D eigenvalue weighted by Crippen LogP contribution is -2.34. The zero-order valence-corrected chi connectivity index (χ0v) is 12.9. The Kier molecular flexibility index (Phi) is 4.45. The van der Waals surface area contributed by atoms with Gasteiger partial charge in [-0.2, -0.15) is 0 Å². The lowest BCUT2D eigenvalue weighted by molar-refractivity contribution is 0.0939. The van der Waals surface area contributed by atoms with Gasteiger partial charge in [-0.3, -0.25) is 4.79 Å². The van der Waals surface area contributed by atoms with Gasteiger partial charge in [0.1, 0.15) is 0 Å². The van der Waals surface area contributed by atoms with Crippen molar-refractivity contribution in [3.8, 4) is 0 Å². The first kappa shape index (κ1) is 14.6. The molecule has 1 amide bonds. The van der Waals surface area contributed by atoms with Gasteiger partial charge in [-0.1, -0.05) is 12.1 Å². The first-order chi connectivity index (χ1) is 9.47. The lowest BCUT2D eigenvalue weighted by atomic mass is 10.0. The second-order valence-corrected chi connectivity index (χ2v) is 6.21. The van der Waals surface area contributed by atoms with Crippen LogP contribution in [0, 0.1) is 13.8 Å². The molecule has 20 heavy (non-hydrogen) atoms. The number of nitrogen functional groups attached to an aromatic ring is 1. The van der Waals surface area contributed by atoms with Crippen LogP contribution in [0.25, 0.3) is 0 Å². The number of amides is 1. The zero-order valence-electron chi connectivity index (χ0n) is 12.1. The van der Waals surface area contributed by atoms with Gasteiger partial charge in [0.05, 0.1) is 0 Å². The summed E-state index contributed by atoms with van der Waals surface area (Å²) in [5.74, 6) is -0.0572. The van der Waals surface area contributed by atoms with Crippen molar-refractivity contribution >= 4 is 22.9 Å². The molecule has 0 aliphatic carbocycles. The molecule has 2 rings (SSSR count). The Morgan fingerprint density at radius 1 is 1.35 bits per heavy atom. The van der Waals surface area contributed by atoms with Crippen LogP contribution in [0.4, 0.5) is 5.69 Å². The molecule has 1 aromatic heterocycles. The first-order valence-corrected chi connectivity index (χ1v) is 7.55. The van der Waals surface area contributed by atoms with Crippen molar-refractivity contribution in [2.45, 2.75) is 33.2 Å². The zero-order chi connectivity index (χ0) is 14.7. The first-order valence-electron chi connectivity index (χ1n) is 6.67. The number of anilines is 1. The number of aryl methyl sites for hydroxylation is 2. The predicted octanol–water partition coefficient (Wildman–Crippen LogP) is 3.31. The van der Waals surface area contributed by atoms with Crippen molar-refractivity contribution < 1.29 is 4.79 Å². The molecular formula is C16H20N2OS. The van der Waals surface area contributed by atoms with E-state index in [1.807, 2.05) is 32.9 Å². The third-order valence-corrected chi connectivity index (χ3v) is 4.22. The number of benzene rings is 1. The van der Waals surface area contributed by atoms with Gasteiger partial charge in [-0.15, -0.1) is 11.3 Å². The van der Waals surface area contributed by atoms with Crippen LogP contribution in [0.1, 0.15) is 33.3 Å². The molecule has 3 N–H and O–H groups in total. The highest BCUT2D eigenvalue weighted by Gasteiger charge is 2.14. The van der Waals surface area contributed by atoms with Gasteiger partial charge in [-0.25, -0.2) is 0 Å². The summed E-state index contributed by atoms with van der Waals surface area (Å²) in [6, 6.07) is 7.93. The highest BCUT2D eigenvalue weighted by atomic mass is 32.1. The van der Waals surface area contributed by atoms with Gasteiger partial charge in [-0.05, 0) is 49.4 Å². The smallest absolute Gasteiger partial charge is 0.251 e. The highest BCUT2D eigenvalue weighted by Crippen LogP contribution is 2.18. The van der Waals surface area contributed by atoms with E-state index in [0.717, 1.165) is 17.5 Å². The molecule has 0 aliphatic rings. The molecule has 0 radical (unpaired) electrons. The maximum absolute atomic E-state index is 12.3. The second kappa shape index (κ2) is 6.09. The molecule has 0 aliphatic heterocycles. The van der Waals surface area contributed by atoms with Crippen LogP contribution in [-0.2, 0) is 6.42 Å². The molecule has 106 valence electrons. The van der Waals surface area contributed by atoms with Crippen LogP contribution < -0.4 is 11.1 Å². The van der Waals surface area contributed by atoms with Crippen LogP contribution in [0.3, 0.4) is 0 Å². The molecule has 0 bridgehead atoms. The maximum atomic E-state index is 12.3. The summed E-state index contributed by atoms with van der Waals surface area (Å²) in [4.78, 5) is 13.6. The molecule has 2 aromatic rings. The summed E-state index contributed by atoms with van der Waals surface area (Å²) in [5, 5.41) is 5.08. The van der Waals surface area contributed by atoms with E-state index in [1.54, 1.807) is 17.4 Å². The molecule has 0 saturated heterocycles. The summed E-state index contributed by atoms with van der Waals surface area (Å²) in [6.07, 6.45) is 0.851. The summed E-state index contributed by atoms with van der Waals surface area (Å²) in [6.45, 7) is 5.90. The fourth-order valence-corrected chi connectivity index (χ4v) is 3.03. The number of rotatable bonds is 4. The number of carbonyl (C=O) groups is 1. The SMILES string of the molecule is Cc1cc(C)c(C(=O)NC(C)Cc2cccs2)cc1N. The minimum Gasteiger partial charge on any atom is -0.398 e. The fraction of sp³-hybridized carbons (Fsp3) is 0.312. The number of hydrogen-bond donors (Lipinski definition) is 2. The fourth-order valence-electron chi connectivity index (χ4n) is 2.20. The molecule has 0 spiro atoms. The van der Waals surface area contributed by atoms with E-state index in [2.05, 4.69) is 16.8 Å². The van der Waals surface area contributed by atoms with E-state index in [4.69, 9.17) is 5.73 Å². The van der Waals surface area contributed by atoms with Gasteiger partial charge >= 0.3 is 0 Å². The molecule has 0 fully saturated rings. The van der Waals surface area contributed by atoms with Crippen molar-refractivity contribution in [3.63, 3.8) is 0 Å². The van der Waals surface area contributed by atoms with E-state index in [9.17, 15) is 4.79 Å². The number of carbonyl (C=O) groups excluding carboxylic acids is 1. The van der Waals surface area contributed by atoms with Gasteiger partial charge in [0.2, 0.25) is 0 Å². The summed E-state index contributed by atoms with van der Waals surface area (Å²) in [5.41, 5.74) is 9.17. The van der Waals surface area contributed by atoms with Crippen LogP contribution in [0.2, 0.25) is 0 Å². The topological polar surface area (TPSA) is 55.1 Å². The van der Waals surface area contributed by atoms with E-state index in [-0.39, 0.29) is 11.9 Å². The van der Waals surface area contributed by atoms with Crippen LogP contribution in [0.5, 0.6) is 0 Å². The van der Waals surface area contributed by atoms with Gasteiger partial charge in [0.15, 0.2) is 0 Å².